The molecule has 0 amide bonds. The SMILES string of the molecule is FC(F)(F)c1ccc(Cn2cc(Cl)c(I)n2)cc1. The number of halogens is 5. The second-order valence-electron chi connectivity index (χ2n) is 3.66. The van der Waals surface area contributed by atoms with Gasteiger partial charge in [0.15, 0.2) is 0 Å². The minimum absolute atomic E-state index is 0.390. The molecule has 0 atom stereocenters. The van der Waals surface area contributed by atoms with E-state index < -0.39 is 11.7 Å². The van der Waals surface area contributed by atoms with Crippen LogP contribution in [0.2, 0.25) is 5.02 Å². The molecule has 0 spiro atoms. The summed E-state index contributed by atoms with van der Waals surface area (Å²) >= 11 is 7.83. The maximum atomic E-state index is 12.4. The van der Waals surface area contributed by atoms with Gasteiger partial charge in [-0.3, -0.25) is 4.68 Å². The third-order valence-electron chi connectivity index (χ3n) is 2.30. The van der Waals surface area contributed by atoms with E-state index in [9.17, 15) is 13.2 Å². The molecule has 0 saturated carbocycles. The topological polar surface area (TPSA) is 17.8 Å². The van der Waals surface area contributed by atoms with E-state index in [1.165, 1.54) is 12.1 Å². The molecule has 0 fully saturated rings. The van der Waals surface area contributed by atoms with Crippen LogP contribution in [0.25, 0.3) is 0 Å². The first-order valence-electron chi connectivity index (χ1n) is 4.91. The highest BCUT2D eigenvalue weighted by atomic mass is 127. The fourth-order valence-electron chi connectivity index (χ4n) is 1.44. The Morgan fingerprint density at radius 2 is 1.83 bits per heavy atom. The average Bonchev–Trinajstić information content (AvgIpc) is 2.57. The van der Waals surface area contributed by atoms with Gasteiger partial charge in [-0.25, -0.2) is 0 Å². The van der Waals surface area contributed by atoms with E-state index in [2.05, 4.69) is 5.10 Å². The summed E-state index contributed by atoms with van der Waals surface area (Å²) in [5.41, 5.74) is 0.0814. The van der Waals surface area contributed by atoms with E-state index in [0.717, 1.165) is 17.7 Å². The van der Waals surface area contributed by atoms with Gasteiger partial charge in [0.2, 0.25) is 0 Å². The van der Waals surface area contributed by atoms with Crippen LogP contribution < -0.4 is 0 Å². The van der Waals surface area contributed by atoms with Crippen molar-refractivity contribution in [3.63, 3.8) is 0 Å². The second kappa shape index (κ2) is 5.08. The van der Waals surface area contributed by atoms with E-state index >= 15 is 0 Å². The van der Waals surface area contributed by atoms with Crippen LogP contribution >= 0.6 is 34.2 Å². The predicted octanol–water partition coefficient (Wildman–Crippen LogP) is 4.21. The second-order valence-corrected chi connectivity index (χ2v) is 5.09. The summed E-state index contributed by atoms with van der Waals surface area (Å²) in [6.07, 6.45) is -2.66. The van der Waals surface area contributed by atoms with Gasteiger partial charge < -0.3 is 0 Å². The zero-order chi connectivity index (χ0) is 13.3. The van der Waals surface area contributed by atoms with E-state index in [1.807, 2.05) is 22.6 Å². The molecule has 96 valence electrons. The molecular weight excluding hydrogens is 379 g/mol. The fraction of sp³-hybridized carbons (Fsp3) is 0.182. The first kappa shape index (κ1) is 13.7. The highest BCUT2D eigenvalue weighted by Gasteiger charge is 2.29. The largest absolute Gasteiger partial charge is 0.416 e. The van der Waals surface area contributed by atoms with Crippen LogP contribution in [0.4, 0.5) is 13.2 Å². The summed E-state index contributed by atoms with van der Waals surface area (Å²) in [6.45, 7) is 0.390. The average molecular weight is 387 g/mol. The fourth-order valence-corrected chi connectivity index (χ4v) is 2.01. The quantitative estimate of drug-likeness (QED) is 0.707. The van der Waals surface area contributed by atoms with Gasteiger partial charge in [0.05, 0.1) is 17.1 Å². The number of benzene rings is 1. The molecule has 0 unspecified atom stereocenters. The summed E-state index contributed by atoms with van der Waals surface area (Å²) in [5.74, 6) is 0. The zero-order valence-electron chi connectivity index (χ0n) is 8.88. The van der Waals surface area contributed by atoms with Gasteiger partial charge in [-0.1, -0.05) is 23.7 Å². The van der Waals surface area contributed by atoms with Gasteiger partial charge in [0, 0.05) is 6.20 Å². The molecule has 1 aromatic heterocycles. The Bertz CT molecular complexity index is 529. The lowest BCUT2D eigenvalue weighted by molar-refractivity contribution is -0.137. The Balaban J connectivity index is 2.16. The number of aromatic nitrogens is 2. The van der Waals surface area contributed by atoms with Gasteiger partial charge in [-0.2, -0.15) is 18.3 Å². The molecule has 2 aromatic rings. The van der Waals surface area contributed by atoms with Gasteiger partial charge in [-0.05, 0) is 40.3 Å². The summed E-state index contributed by atoms with van der Waals surface area (Å²) in [5, 5.41) is 4.66. The third-order valence-corrected chi connectivity index (χ3v) is 3.69. The van der Waals surface area contributed by atoms with Crippen molar-refractivity contribution >= 4 is 34.2 Å². The molecule has 0 saturated heterocycles. The molecule has 1 aromatic carbocycles. The Morgan fingerprint density at radius 3 is 2.28 bits per heavy atom. The van der Waals surface area contributed by atoms with Gasteiger partial charge in [0.25, 0.3) is 0 Å². The van der Waals surface area contributed by atoms with Gasteiger partial charge in [0.1, 0.15) is 3.70 Å². The molecule has 0 aliphatic heterocycles. The molecule has 2 nitrogen and oxygen atoms in total. The molecule has 0 N–H and O–H groups in total. The van der Waals surface area contributed by atoms with Crippen molar-refractivity contribution < 1.29 is 13.2 Å². The van der Waals surface area contributed by atoms with Crippen molar-refractivity contribution in [2.45, 2.75) is 12.7 Å². The molecular formula is C11H7ClF3IN2. The van der Waals surface area contributed by atoms with Crippen molar-refractivity contribution in [2.75, 3.05) is 0 Å². The summed E-state index contributed by atoms with van der Waals surface area (Å²) in [7, 11) is 0. The van der Waals surface area contributed by atoms with Crippen LogP contribution in [0.15, 0.2) is 30.5 Å². The summed E-state index contributed by atoms with van der Waals surface area (Å²) in [6, 6.07) is 4.99. The maximum absolute atomic E-state index is 12.4. The van der Waals surface area contributed by atoms with Crippen molar-refractivity contribution in [2.24, 2.45) is 0 Å². The lowest BCUT2D eigenvalue weighted by atomic mass is 10.1. The summed E-state index contributed by atoms with van der Waals surface area (Å²) < 4.78 is 39.4. The van der Waals surface area contributed by atoms with Gasteiger partial charge in [-0.15, -0.1) is 0 Å². The molecule has 1 heterocycles. The molecule has 18 heavy (non-hydrogen) atoms. The highest BCUT2D eigenvalue weighted by molar-refractivity contribution is 14.1. The maximum Gasteiger partial charge on any atom is 0.416 e. The first-order chi connectivity index (χ1) is 8.36. The van der Waals surface area contributed by atoms with Crippen molar-refractivity contribution in [1.29, 1.82) is 0 Å². The number of hydrogen-bond acceptors (Lipinski definition) is 1. The van der Waals surface area contributed by atoms with Crippen molar-refractivity contribution in [3.8, 4) is 0 Å². The van der Waals surface area contributed by atoms with Crippen LogP contribution in [0.3, 0.4) is 0 Å². The van der Waals surface area contributed by atoms with Crippen LogP contribution in [-0.2, 0) is 12.7 Å². The Morgan fingerprint density at radius 1 is 1.22 bits per heavy atom. The number of rotatable bonds is 2. The smallest absolute Gasteiger partial charge is 0.266 e. The molecule has 2 rings (SSSR count). The number of nitrogens with zero attached hydrogens (tertiary/aromatic N) is 2. The normalized spacial score (nSPS) is 11.8. The lowest BCUT2D eigenvalue weighted by Gasteiger charge is -2.07. The standard InChI is InChI=1S/C11H7ClF3IN2/c12-9-6-18(17-10(9)16)5-7-1-3-8(4-2-7)11(13,14)15/h1-4,6H,5H2. The third kappa shape index (κ3) is 3.17. The molecule has 0 radical (unpaired) electrons. The highest BCUT2D eigenvalue weighted by Crippen LogP contribution is 2.29. The van der Waals surface area contributed by atoms with Gasteiger partial charge >= 0.3 is 6.18 Å². The van der Waals surface area contributed by atoms with Crippen molar-refractivity contribution in [3.05, 3.63) is 50.3 Å². The lowest BCUT2D eigenvalue weighted by Crippen LogP contribution is -2.05. The van der Waals surface area contributed by atoms with E-state index in [-0.39, 0.29) is 0 Å². The summed E-state index contributed by atoms with van der Waals surface area (Å²) in [4.78, 5) is 0. The first-order valence-corrected chi connectivity index (χ1v) is 6.36. The van der Waals surface area contributed by atoms with E-state index in [4.69, 9.17) is 11.6 Å². The van der Waals surface area contributed by atoms with Crippen LogP contribution in [0, 0.1) is 3.70 Å². The zero-order valence-corrected chi connectivity index (χ0v) is 11.8. The van der Waals surface area contributed by atoms with Crippen molar-refractivity contribution in [1.82, 2.24) is 9.78 Å². The van der Waals surface area contributed by atoms with Crippen LogP contribution in [0.5, 0.6) is 0 Å². The van der Waals surface area contributed by atoms with Crippen LogP contribution in [-0.4, -0.2) is 9.78 Å². The Hall–Kier alpha value is -0.760. The predicted molar refractivity (Wildman–Crippen MR) is 70.5 cm³/mol. The van der Waals surface area contributed by atoms with E-state index in [0.29, 0.717) is 15.3 Å². The Kier molecular flexibility index (Phi) is 3.86. The number of alkyl halides is 3. The Labute approximate surface area is 120 Å². The monoisotopic (exact) mass is 386 g/mol. The van der Waals surface area contributed by atoms with Crippen LogP contribution in [0.1, 0.15) is 11.1 Å². The van der Waals surface area contributed by atoms with E-state index in [1.54, 1.807) is 10.9 Å². The minimum Gasteiger partial charge on any atom is -0.266 e. The molecule has 0 bridgehead atoms. The minimum atomic E-state index is -4.30. The number of hydrogen-bond donors (Lipinski definition) is 0. The molecule has 7 heteroatoms. The molecule has 0 aliphatic rings. The molecule has 0 aliphatic carbocycles.